The number of carbonyl (C=O) groups excluding carboxylic acids is 1. The highest BCUT2D eigenvalue weighted by atomic mass is 35.5. The molecule has 0 spiro atoms. The smallest absolute Gasteiger partial charge is 0.295 e. The lowest BCUT2D eigenvalue weighted by atomic mass is 10.1. The van der Waals surface area contributed by atoms with Crippen molar-refractivity contribution in [2.45, 2.75) is 0 Å². The quantitative estimate of drug-likeness (QED) is 0.553. The molecule has 2 aromatic carbocycles. The zero-order valence-electron chi connectivity index (χ0n) is 15.0. The number of ether oxygens (including phenoxy) is 3. The molecule has 0 atom stereocenters. The predicted molar refractivity (Wildman–Crippen MR) is 105 cm³/mol. The first-order valence-corrected chi connectivity index (χ1v) is 8.61. The number of fused-ring (bicyclic) bond motifs is 1. The van der Waals surface area contributed by atoms with Crippen molar-refractivity contribution in [3.63, 3.8) is 0 Å². The largest absolute Gasteiger partial charge is 0.493 e. The maximum atomic E-state index is 12.5. The lowest BCUT2D eigenvalue weighted by Gasteiger charge is -2.12. The normalized spacial score (nSPS) is 11.2. The van der Waals surface area contributed by atoms with Crippen LogP contribution in [0.2, 0.25) is 10.0 Å². The number of nitrogens with one attached hydrogen (secondary N) is 1. The van der Waals surface area contributed by atoms with Crippen LogP contribution in [-0.2, 0) is 0 Å². The van der Waals surface area contributed by atoms with Crippen LogP contribution in [0.1, 0.15) is 10.4 Å². The van der Waals surface area contributed by atoms with Crippen molar-refractivity contribution in [3.05, 3.63) is 39.9 Å². The standard InChI is InChI=1S/C18H15Cl2N3O5/c1-26-11-6-8(7-12(27-2)16(11)28-3)17(24)23-22-15-13-10(21-18(15)25)5-4-9(19)14(13)20/h4-7,21,25H,1-3H3. The van der Waals surface area contributed by atoms with Gasteiger partial charge in [0.25, 0.3) is 5.91 Å². The number of azo groups is 1. The number of H-pyrrole nitrogens is 1. The summed E-state index contributed by atoms with van der Waals surface area (Å²) >= 11 is 12.2. The molecule has 3 aromatic rings. The highest BCUT2D eigenvalue weighted by Crippen LogP contribution is 2.43. The number of aromatic hydroxyl groups is 1. The van der Waals surface area contributed by atoms with Crippen LogP contribution in [0.15, 0.2) is 34.5 Å². The van der Waals surface area contributed by atoms with E-state index in [0.717, 1.165) is 0 Å². The average Bonchev–Trinajstić information content (AvgIpc) is 3.03. The number of aromatic amines is 1. The van der Waals surface area contributed by atoms with Crippen LogP contribution in [0, 0.1) is 0 Å². The molecule has 2 N–H and O–H groups in total. The summed E-state index contributed by atoms with van der Waals surface area (Å²) in [5.41, 5.74) is 0.658. The Morgan fingerprint density at radius 3 is 2.29 bits per heavy atom. The van der Waals surface area contributed by atoms with E-state index >= 15 is 0 Å². The fourth-order valence-electron chi connectivity index (χ4n) is 2.65. The molecule has 0 bridgehead atoms. The molecule has 10 heteroatoms. The van der Waals surface area contributed by atoms with E-state index in [2.05, 4.69) is 15.2 Å². The van der Waals surface area contributed by atoms with Gasteiger partial charge in [-0.2, -0.15) is 0 Å². The molecule has 3 rings (SSSR count). The summed E-state index contributed by atoms with van der Waals surface area (Å²) in [6.45, 7) is 0. The first-order chi connectivity index (χ1) is 13.4. The number of aromatic nitrogens is 1. The van der Waals surface area contributed by atoms with Crippen LogP contribution in [0.25, 0.3) is 10.9 Å². The Morgan fingerprint density at radius 2 is 1.71 bits per heavy atom. The minimum Gasteiger partial charge on any atom is -0.493 e. The van der Waals surface area contributed by atoms with Crippen molar-refractivity contribution in [1.82, 2.24) is 4.98 Å². The Labute approximate surface area is 169 Å². The minimum atomic E-state index is -0.689. The van der Waals surface area contributed by atoms with Crippen molar-refractivity contribution >= 4 is 45.7 Å². The highest BCUT2D eigenvalue weighted by molar-refractivity contribution is 6.46. The predicted octanol–water partition coefficient (Wildman–Crippen LogP) is 5.13. The van der Waals surface area contributed by atoms with E-state index in [9.17, 15) is 9.90 Å². The Morgan fingerprint density at radius 1 is 1.07 bits per heavy atom. The van der Waals surface area contributed by atoms with E-state index in [4.69, 9.17) is 37.4 Å². The van der Waals surface area contributed by atoms with E-state index in [-0.39, 0.29) is 27.2 Å². The van der Waals surface area contributed by atoms with Gasteiger partial charge in [-0.25, -0.2) is 0 Å². The molecule has 1 amide bonds. The maximum Gasteiger partial charge on any atom is 0.295 e. The Kier molecular flexibility index (Phi) is 5.62. The number of halogens is 2. The zero-order valence-corrected chi connectivity index (χ0v) is 16.6. The first kappa shape index (κ1) is 19.8. The van der Waals surface area contributed by atoms with E-state index in [1.54, 1.807) is 12.1 Å². The van der Waals surface area contributed by atoms with Gasteiger partial charge in [0.1, 0.15) is 0 Å². The molecule has 0 aliphatic carbocycles. The third-order valence-corrected chi connectivity index (χ3v) is 4.77. The van der Waals surface area contributed by atoms with Gasteiger partial charge in [0.2, 0.25) is 11.6 Å². The summed E-state index contributed by atoms with van der Waals surface area (Å²) in [4.78, 5) is 15.2. The number of methoxy groups -OCH3 is 3. The van der Waals surface area contributed by atoms with Gasteiger partial charge in [0.15, 0.2) is 17.2 Å². The monoisotopic (exact) mass is 423 g/mol. The van der Waals surface area contributed by atoms with Gasteiger partial charge in [0.05, 0.1) is 47.8 Å². The molecule has 0 radical (unpaired) electrons. The number of benzene rings is 2. The Balaban J connectivity index is 2.02. The average molecular weight is 424 g/mol. The summed E-state index contributed by atoms with van der Waals surface area (Å²) in [6, 6.07) is 6.09. The van der Waals surface area contributed by atoms with Gasteiger partial charge in [-0.15, -0.1) is 10.2 Å². The van der Waals surface area contributed by atoms with Crippen molar-refractivity contribution in [2.24, 2.45) is 10.2 Å². The second-order valence-electron chi connectivity index (χ2n) is 5.53. The van der Waals surface area contributed by atoms with Crippen LogP contribution in [0.5, 0.6) is 23.1 Å². The lowest BCUT2D eigenvalue weighted by molar-refractivity contribution is 0.0994. The van der Waals surface area contributed by atoms with Crippen LogP contribution in [0.3, 0.4) is 0 Å². The van der Waals surface area contributed by atoms with Crippen LogP contribution in [0.4, 0.5) is 5.69 Å². The van der Waals surface area contributed by atoms with Crippen molar-refractivity contribution in [3.8, 4) is 23.1 Å². The number of hydrogen-bond donors (Lipinski definition) is 2. The molecule has 28 heavy (non-hydrogen) atoms. The second kappa shape index (κ2) is 7.95. The van der Waals surface area contributed by atoms with Gasteiger partial charge in [-0.3, -0.25) is 4.79 Å². The van der Waals surface area contributed by atoms with Gasteiger partial charge in [0, 0.05) is 0 Å². The molecule has 0 saturated carbocycles. The summed E-state index contributed by atoms with van der Waals surface area (Å²) < 4.78 is 15.7. The number of hydrogen-bond acceptors (Lipinski definition) is 6. The Hall–Kier alpha value is -2.97. The number of carbonyl (C=O) groups is 1. The topological polar surface area (TPSA) is 106 Å². The molecular weight excluding hydrogens is 409 g/mol. The van der Waals surface area contributed by atoms with Gasteiger partial charge in [-0.05, 0) is 24.3 Å². The molecule has 1 heterocycles. The van der Waals surface area contributed by atoms with Crippen LogP contribution >= 0.6 is 23.2 Å². The third kappa shape index (κ3) is 3.44. The van der Waals surface area contributed by atoms with Crippen LogP contribution < -0.4 is 14.2 Å². The van der Waals surface area contributed by atoms with Crippen molar-refractivity contribution in [1.29, 1.82) is 0 Å². The van der Waals surface area contributed by atoms with E-state index in [1.165, 1.54) is 33.5 Å². The molecule has 0 aliphatic rings. The molecule has 0 aliphatic heterocycles. The zero-order chi connectivity index (χ0) is 20.4. The number of nitrogens with zero attached hydrogens (tertiary/aromatic N) is 2. The van der Waals surface area contributed by atoms with Gasteiger partial charge < -0.3 is 24.3 Å². The van der Waals surface area contributed by atoms with Gasteiger partial charge in [-0.1, -0.05) is 23.2 Å². The second-order valence-corrected chi connectivity index (χ2v) is 6.31. The third-order valence-electron chi connectivity index (χ3n) is 3.96. The number of rotatable bonds is 5. The first-order valence-electron chi connectivity index (χ1n) is 7.86. The Bertz CT molecular complexity index is 1070. The number of amides is 1. The molecule has 0 fully saturated rings. The fraction of sp³-hybridized carbons (Fsp3) is 0.167. The lowest BCUT2D eigenvalue weighted by Crippen LogP contribution is -2.00. The highest BCUT2D eigenvalue weighted by Gasteiger charge is 2.19. The minimum absolute atomic E-state index is 0.00305. The van der Waals surface area contributed by atoms with Crippen LogP contribution in [-0.4, -0.2) is 37.3 Å². The molecule has 1 aromatic heterocycles. The molecular formula is C18H15Cl2N3O5. The van der Waals surface area contributed by atoms with E-state index in [1.807, 2.05) is 0 Å². The molecule has 8 nitrogen and oxygen atoms in total. The van der Waals surface area contributed by atoms with Crippen molar-refractivity contribution in [2.75, 3.05) is 21.3 Å². The molecule has 0 saturated heterocycles. The SMILES string of the molecule is COc1cc(C(=O)N=Nc2c(O)[nH]c3ccc(Cl)c(Cl)c23)cc(OC)c1OC. The van der Waals surface area contributed by atoms with Crippen molar-refractivity contribution < 1.29 is 24.1 Å². The summed E-state index contributed by atoms with van der Waals surface area (Å²) in [5.74, 6) is -0.0451. The van der Waals surface area contributed by atoms with E-state index in [0.29, 0.717) is 28.2 Å². The summed E-state index contributed by atoms with van der Waals surface area (Å²) in [6.07, 6.45) is 0. The summed E-state index contributed by atoms with van der Waals surface area (Å²) in [7, 11) is 4.32. The van der Waals surface area contributed by atoms with Gasteiger partial charge >= 0.3 is 0 Å². The molecule has 0 unspecified atom stereocenters. The maximum absolute atomic E-state index is 12.5. The van der Waals surface area contributed by atoms with E-state index < -0.39 is 5.91 Å². The fourth-order valence-corrected chi connectivity index (χ4v) is 3.06. The summed E-state index contributed by atoms with van der Waals surface area (Å²) in [5, 5.41) is 18.4. The molecule has 146 valence electrons.